The van der Waals surface area contributed by atoms with Gasteiger partial charge in [0.1, 0.15) is 0 Å². The third-order valence-corrected chi connectivity index (χ3v) is 3.58. The van der Waals surface area contributed by atoms with Crippen LogP contribution in [0.2, 0.25) is 0 Å². The summed E-state index contributed by atoms with van der Waals surface area (Å²) < 4.78 is 34.0. The molecule has 0 spiro atoms. The van der Waals surface area contributed by atoms with E-state index in [1.54, 1.807) is 23.9 Å². The molecule has 1 atom stereocenters. The number of benzene rings is 1. The van der Waals surface area contributed by atoms with E-state index in [-0.39, 0.29) is 5.75 Å². The molecule has 0 fully saturated rings. The first kappa shape index (κ1) is 16.0. The molecule has 3 nitrogen and oxygen atoms in total. The lowest BCUT2D eigenvalue weighted by Gasteiger charge is -2.13. The summed E-state index contributed by atoms with van der Waals surface area (Å²) in [6.45, 7) is 0.734. The molecular weight excluding hydrogens is 272 g/mol. The molecule has 1 rings (SSSR count). The number of methoxy groups -OCH3 is 1. The molecule has 0 heterocycles. The molecule has 0 aliphatic carbocycles. The smallest absolute Gasteiger partial charge is 0.387 e. The van der Waals surface area contributed by atoms with Crippen LogP contribution in [-0.4, -0.2) is 31.8 Å². The van der Waals surface area contributed by atoms with E-state index in [2.05, 4.69) is 17.0 Å². The largest absolute Gasteiger partial charge is 0.493 e. The van der Waals surface area contributed by atoms with Crippen molar-refractivity contribution in [2.24, 2.45) is 0 Å². The second-order valence-electron chi connectivity index (χ2n) is 4.04. The Morgan fingerprint density at radius 3 is 2.63 bits per heavy atom. The van der Waals surface area contributed by atoms with Gasteiger partial charge in [-0.1, -0.05) is 13.0 Å². The molecule has 0 bridgehead atoms. The highest BCUT2D eigenvalue weighted by atomic mass is 32.2. The van der Waals surface area contributed by atoms with Crippen molar-refractivity contribution in [3.63, 3.8) is 0 Å². The van der Waals surface area contributed by atoms with Crippen LogP contribution in [0.5, 0.6) is 11.5 Å². The quantitative estimate of drug-likeness (QED) is 0.797. The number of rotatable bonds is 8. The third kappa shape index (κ3) is 5.65. The van der Waals surface area contributed by atoms with Gasteiger partial charge in [0.05, 0.1) is 7.11 Å². The predicted octanol–water partition coefficient (Wildman–Crippen LogP) is 3.14. The van der Waals surface area contributed by atoms with Crippen molar-refractivity contribution in [2.45, 2.75) is 25.3 Å². The van der Waals surface area contributed by atoms with Crippen molar-refractivity contribution < 1.29 is 18.3 Å². The fourth-order valence-corrected chi connectivity index (χ4v) is 1.81. The molecule has 6 heteroatoms. The standard InChI is InChI=1S/C13H19F2NO2S/c1-9(19-3)7-16-8-10-4-5-11(17-2)12(6-10)18-13(14)15/h4-6,9,13,16H,7-8H2,1-3H3. The summed E-state index contributed by atoms with van der Waals surface area (Å²) in [6, 6.07) is 5.03. The fraction of sp³-hybridized carbons (Fsp3) is 0.538. The third-order valence-electron chi connectivity index (χ3n) is 2.61. The number of hydrogen-bond acceptors (Lipinski definition) is 4. The maximum atomic E-state index is 12.3. The van der Waals surface area contributed by atoms with Gasteiger partial charge < -0.3 is 14.8 Å². The maximum absolute atomic E-state index is 12.3. The van der Waals surface area contributed by atoms with Crippen LogP contribution in [0.3, 0.4) is 0 Å². The second-order valence-corrected chi connectivity index (χ2v) is 5.32. The lowest BCUT2D eigenvalue weighted by Crippen LogP contribution is -2.22. The van der Waals surface area contributed by atoms with Gasteiger partial charge in [0, 0.05) is 18.3 Å². The Hall–Kier alpha value is -1.01. The number of nitrogens with one attached hydrogen (secondary N) is 1. The summed E-state index contributed by atoms with van der Waals surface area (Å²) in [5.74, 6) is 0.372. The van der Waals surface area contributed by atoms with Gasteiger partial charge in [0.15, 0.2) is 11.5 Å². The van der Waals surface area contributed by atoms with Crippen LogP contribution in [0.15, 0.2) is 18.2 Å². The summed E-state index contributed by atoms with van der Waals surface area (Å²) in [5.41, 5.74) is 0.879. The molecule has 0 saturated heterocycles. The van der Waals surface area contributed by atoms with Crippen LogP contribution in [0.1, 0.15) is 12.5 Å². The molecule has 108 valence electrons. The second kappa shape index (κ2) is 8.22. The SMILES string of the molecule is COc1ccc(CNCC(C)SC)cc1OC(F)F. The van der Waals surface area contributed by atoms with E-state index in [9.17, 15) is 8.78 Å². The van der Waals surface area contributed by atoms with E-state index in [1.165, 1.54) is 7.11 Å². The van der Waals surface area contributed by atoms with Gasteiger partial charge in [0.2, 0.25) is 0 Å². The number of hydrogen-bond donors (Lipinski definition) is 1. The van der Waals surface area contributed by atoms with Crippen molar-refractivity contribution in [1.82, 2.24) is 5.32 Å². The van der Waals surface area contributed by atoms with Crippen LogP contribution >= 0.6 is 11.8 Å². The summed E-state index contributed by atoms with van der Waals surface area (Å²) in [7, 11) is 1.42. The first-order valence-electron chi connectivity index (χ1n) is 5.92. The van der Waals surface area contributed by atoms with Gasteiger partial charge in [-0.25, -0.2) is 0 Å². The fourth-order valence-electron chi connectivity index (χ4n) is 1.52. The Morgan fingerprint density at radius 1 is 1.32 bits per heavy atom. The topological polar surface area (TPSA) is 30.5 Å². The minimum absolute atomic E-state index is 0.0646. The van der Waals surface area contributed by atoms with E-state index in [4.69, 9.17) is 4.74 Å². The van der Waals surface area contributed by atoms with Crippen molar-refractivity contribution in [1.29, 1.82) is 0 Å². The number of alkyl halides is 2. The van der Waals surface area contributed by atoms with Crippen LogP contribution in [-0.2, 0) is 6.54 Å². The van der Waals surface area contributed by atoms with E-state index in [0.29, 0.717) is 17.5 Å². The van der Waals surface area contributed by atoms with Crippen molar-refractivity contribution in [3.8, 4) is 11.5 Å². The average molecular weight is 291 g/mol. The van der Waals surface area contributed by atoms with Crippen LogP contribution < -0.4 is 14.8 Å². The van der Waals surface area contributed by atoms with Crippen molar-refractivity contribution in [2.75, 3.05) is 19.9 Å². The van der Waals surface area contributed by atoms with Crippen LogP contribution in [0, 0.1) is 0 Å². The zero-order valence-electron chi connectivity index (χ0n) is 11.3. The molecule has 0 saturated carbocycles. The molecule has 1 aromatic rings. The van der Waals surface area contributed by atoms with E-state index in [0.717, 1.165) is 12.1 Å². The Labute approximate surface area is 116 Å². The summed E-state index contributed by atoms with van der Waals surface area (Å²) >= 11 is 1.77. The highest BCUT2D eigenvalue weighted by molar-refractivity contribution is 7.99. The predicted molar refractivity (Wildman–Crippen MR) is 74.3 cm³/mol. The Balaban J connectivity index is 2.64. The zero-order valence-corrected chi connectivity index (χ0v) is 12.1. The van der Waals surface area contributed by atoms with Gasteiger partial charge in [0.25, 0.3) is 0 Å². The minimum Gasteiger partial charge on any atom is -0.493 e. The Bertz CT molecular complexity index is 391. The molecule has 0 radical (unpaired) electrons. The number of halogens is 2. The molecule has 1 unspecified atom stereocenters. The number of ether oxygens (including phenoxy) is 2. The van der Waals surface area contributed by atoms with Crippen molar-refractivity contribution in [3.05, 3.63) is 23.8 Å². The Morgan fingerprint density at radius 2 is 2.05 bits per heavy atom. The van der Waals surface area contributed by atoms with Gasteiger partial charge in [-0.2, -0.15) is 20.5 Å². The monoisotopic (exact) mass is 291 g/mol. The summed E-state index contributed by atoms with van der Waals surface area (Å²) in [5, 5.41) is 3.77. The molecular formula is C13H19F2NO2S. The highest BCUT2D eigenvalue weighted by Crippen LogP contribution is 2.29. The van der Waals surface area contributed by atoms with Crippen LogP contribution in [0.4, 0.5) is 8.78 Å². The lowest BCUT2D eigenvalue weighted by molar-refractivity contribution is -0.0512. The zero-order chi connectivity index (χ0) is 14.3. The van der Waals surface area contributed by atoms with E-state index in [1.807, 2.05) is 12.3 Å². The molecule has 0 aliphatic heterocycles. The molecule has 0 aliphatic rings. The van der Waals surface area contributed by atoms with Gasteiger partial charge >= 0.3 is 6.61 Å². The number of thioether (sulfide) groups is 1. The van der Waals surface area contributed by atoms with E-state index >= 15 is 0 Å². The summed E-state index contributed by atoms with van der Waals surface area (Å²) in [4.78, 5) is 0. The summed E-state index contributed by atoms with van der Waals surface area (Å²) in [6.07, 6.45) is 2.05. The lowest BCUT2D eigenvalue weighted by atomic mass is 10.2. The normalized spacial score (nSPS) is 12.5. The maximum Gasteiger partial charge on any atom is 0.387 e. The van der Waals surface area contributed by atoms with Crippen molar-refractivity contribution >= 4 is 11.8 Å². The first-order valence-corrected chi connectivity index (χ1v) is 7.20. The van der Waals surface area contributed by atoms with Gasteiger partial charge in [-0.05, 0) is 24.0 Å². The highest BCUT2D eigenvalue weighted by Gasteiger charge is 2.11. The molecule has 0 aromatic heterocycles. The molecule has 1 aromatic carbocycles. The minimum atomic E-state index is -2.85. The Kier molecular flexibility index (Phi) is 6.94. The first-order chi connectivity index (χ1) is 9.06. The van der Waals surface area contributed by atoms with Crippen LogP contribution in [0.25, 0.3) is 0 Å². The van der Waals surface area contributed by atoms with Gasteiger partial charge in [-0.3, -0.25) is 0 Å². The molecule has 1 N–H and O–H groups in total. The average Bonchev–Trinajstić information content (AvgIpc) is 2.38. The van der Waals surface area contributed by atoms with E-state index < -0.39 is 6.61 Å². The molecule has 19 heavy (non-hydrogen) atoms. The van der Waals surface area contributed by atoms with Gasteiger partial charge in [-0.15, -0.1) is 0 Å². The molecule has 0 amide bonds.